The molecule has 1 heterocycles. The number of para-hydroxylation sites is 1. The van der Waals surface area contributed by atoms with Crippen LogP contribution in [-0.4, -0.2) is 17.6 Å². The zero-order valence-electron chi connectivity index (χ0n) is 15.0. The third-order valence-corrected chi connectivity index (χ3v) is 5.15. The molecule has 140 valence electrons. The quantitative estimate of drug-likeness (QED) is 0.321. The maximum absolute atomic E-state index is 13.0. The van der Waals surface area contributed by atoms with E-state index in [4.69, 9.17) is 9.47 Å². The van der Waals surface area contributed by atoms with E-state index in [9.17, 15) is 9.18 Å². The summed E-state index contributed by atoms with van der Waals surface area (Å²) < 4.78 is 25.3. The van der Waals surface area contributed by atoms with Gasteiger partial charge in [-0.15, -0.1) is 11.3 Å². The number of carbonyl (C=O) groups excluding carboxylic acids is 1. The van der Waals surface area contributed by atoms with Crippen LogP contribution >= 0.6 is 11.3 Å². The fourth-order valence-corrected chi connectivity index (χ4v) is 3.70. The summed E-state index contributed by atoms with van der Waals surface area (Å²) in [6.45, 7) is 2.28. The number of nitrogens with zero attached hydrogens (tertiary/aromatic N) is 1. The zero-order chi connectivity index (χ0) is 19.5. The van der Waals surface area contributed by atoms with Crippen LogP contribution in [0.1, 0.15) is 17.3 Å². The van der Waals surface area contributed by atoms with Crippen LogP contribution in [0.15, 0.2) is 66.7 Å². The van der Waals surface area contributed by atoms with E-state index in [1.807, 2.05) is 43.3 Å². The number of halogens is 1. The van der Waals surface area contributed by atoms with E-state index in [-0.39, 0.29) is 5.56 Å². The summed E-state index contributed by atoms with van der Waals surface area (Å²) in [5.41, 5.74) is 2.08. The molecular formula is C22H16FNO3S. The molecule has 0 unspecified atom stereocenters. The minimum Gasteiger partial charge on any atom is -0.490 e. The Morgan fingerprint density at radius 2 is 1.82 bits per heavy atom. The maximum atomic E-state index is 13.0. The summed E-state index contributed by atoms with van der Waals surface area (Å²) >= 11 is 1.59. The van der Waals surface area contributed by atoms with Crippen molar-refractivity contribution >= 4 is 27.5 Å². The lowest BCUT2D eigenvalue weighted by Gasteiger charge is -2.12. The summed E-state index contributed by atoms with van der Waals surface area (Å²) in [7, 11) is 0. The molecule has 0 aliphatic heterocycles. The molecule has 28 heavy (non-hydrogen) atoms. The molecule has 0 fully saturated rings. The van der Waals surface area contributed by atoms with Crippen molar-refractivity contribution in [3.8, 4) is 22.1 Å². The standard InChI is InChI=1S/C22H16FNO3S/c1-2-26-19-13-15(21-24-17-5-3-4-6-20(17)28-21)9-12-18(19)27-22(25)14-7-10-16(23)11-8-14/h3-13H,2H2,1H3. The number of aromatic nitrogens is 1. The average Bonchev–Trinajstić information content (AvgIpc) is 3.14. The van der Waals surface area contributed by atoms with Crippen molar-refractivity contribution in [1.29, 1.82) is 0 Å². The van der Waals surface area contributed by atoms with Crippen LogP contribution in [0.2, 0.25) is 0 Å². The first-order valence-corrected chi connectivity index (χ1v) is 9.56. The SMILES string of the molecule is CCOc1cc(-c2nc3ccccc3s2)ccc1OC(=O)c1ccc(F)cc1. The van der Waals surface area contributed by atoms with E-state index >= 15 is 0 Å². The van der Waals surface area contributed by atoms with Crippen molar-refractivity contribution in [2.24, 2.45) is 0 Å². The van der Waals surface area contributed by atoms with Crippen LogP contribution in [0.3, 0.4) is 0 Å². The van der Waals surface area contributed by atoms with Crippen molar-refractivity contribution in [2.45, 2.75) is 6.92 Å². The second-order valence-electron chi connectivity index (χ2n) is 5.98. The van der Waals surface area contributed by atoms with Crippen LogP contribution in [0, 0.1) is 5.82 Å². The number of esters is 1. The summed E-state index contributed by atoms with van der Waals surface area (Å²) in [4.78, 5) is 17.0. The molecule has 4 nitrogen and oxygen atoms in total. The van der Waals surface area contributed by atoms with Gasteiger partial charge in [0.2, 0.25) is 0 Å². The Balaban J connectivity index is 1.64. The molecule has 6 heteroatoms. The number of ether oxygens (including phenoxy) is 2. The molecule has 0 aliphatic rings. The van der Waals surface area contributed by atoms with E-state index in [0.29, 0.717) is 18.1 Å². The summed E-state index contributed by atoms with van der Waals surface area (Å²) in [6.07, 6.45) is 0. The average molecular weight is 393 g/mol. The molecule has 0 atom stereocenters. The molecule has 3 aromatic carbocycles. The normalized spacial score (nSPS) is 10.8. The molecular weight excluding hydrogens is 377 g/mol. The van der Waals surface area contributed by atoms with Crippen molar-refractivity contribution in [2.75, 3.05) is 6.61 Å². The topological polar surface area (TPSA) is 48.4 Å². The third-order valence-electron chi connectivity index (χ3n) is 4.07. The number of rotatable bonds is 5. The Kier molecular flexibility index (Phi) is 5.04. The van der Waals surface area contributed by atoms with Gasteiger partial charge in [0.15, 0.2) is 11.5 Å². The van der Waals surface area contributed by atoms with Crippen LogP contribution in [0.4, 0.5) is 4.39 Å². The van der Waals surface area contributed by atoms with E-state index in [1.165, 1.54) is 24.3 Å². The lowest BCUT2D eigenvalue weighted by molar-refractivity contribution is 0.0728. The Morgan fingerprint density at radius 3 is 2.57 bits per heavy atom. The van der Waals surface area contributed by atoms with E-state index in [0.717, 1.165) is 20.8 Å². The van der Waals surface area contributed by atoms with Gasteiger partial charge in [-0.3, -0.25) is 0 Å². The van der Waals surface area contributed by atoms with Crippen LogP contribution in [0.25, 0.3) is 20.8 Å². The first kappa shape index (κ1) is 18.1. The largest absolute Gasteiger partial charge is 0.490 e. The first-order valence-electron chi connectivity index (χ1n) is 8.74. The lowest BCUT2D eigenvalue weighted by Crippen LogP contribution is -2.09. The smallest absolute Gasteiger partial charge is 0.343 e. The first-order chi connectivity index (χ1) is 13.6. The number of thiazole rings is 1. The van der Waals surface area contributed by atoms with Gasteiger partial charge in [-0.05, 0) is 61.5 Å². The van der Waals surface area contributed by atoms with Gasteiger partial charge in [-0.1, -0.05) is 12.1 Å². The molecule has 1 aromatic heterocycles. The van der Waals surface area contributed by atoms with Crippen LogP contribution in [-0.2, 0) is 0 Å². The summed E-state index contributed by atoms with van der Waals surface area (Å²) in [5, 5.41) is 0.860. The highest BCUT2D eigenvalue weighted by atomic mass is 32.1. The molecule has 0 aliphatic carbocycles. The molecule has 4 aromatic rings. The third kappa shape index (κ3) is 3.73. The number of benzene rings is 3. The van der Waals surface area contributed by atoms with Gasteiger partial charge in [0, 0.05) is 5.56 Å². The van der Waals surface area contributed by atoms with Gasteiger partial charge in [0.05, 0.1) is 22.4 Å². The number of fused-ring (bicyclic) bond motifs is 1. The Hall–Kier alpha value is -3.25. The minimum atomic E-state index is -0.575. The van der Waals surface area contributed by atoms with E-state index in [1.54, 1.807) is 17.4 Å². The molecule has 0 saturated carbocycles. The summed E-state index contributed by atoms with van der Waals surface area (Å²) in [6, 6.07) is 18.5. The van der Waals surface area contributed by atoms with Crippen molar-refractivity contribution < 1.29 is 18.7 Å². The van der Waals surface area contributed by atoms with Gasteiger partial charge in [-0.25, -0.2) is 14.2 Å². The lowest BCUT2D eigenvalue weighted by atomic mass is 10.2. The molecule has 0 bridgehead atoms. The van der Waals surface area contributed by atoms with Crippen molar-refractivity contribution in [3.05, 3.63) is 78.1 Å². The zero-order valence-corrected chi connectivity index (χ0v) is 15.8. The Labute approximate surface area is 165 Å². The van der Waals surface area contributed by atoms with Gasteiger partial charge in [0.1, 0.15) is 10.8 Å². The fourth-order valence-electron chi connectivity index (χ4n) is 2.73. The molecule has 0 saturated heterocycles. The number of hydrogen-bond donors (Lipinski definition) is 0. The number of carbonyl (C=O) groups is 1. The van der Waals surface area contributed by atoms with Gasteiger partial charge >= 0.3 is 5.97 Å². The van der Waals surface area contributed by atoms with Gasteiger partial charge < -0.3 is 9.47 Å². The second kappa shape index (κ2) is 7.78. The Bertz CT molecular complexity index is 1110. The minimum absolute atomic E-state index is 0.263. The molecule has 4 rings (SSSR count). The highest BCUT2D eigenvalue weighted by Crippen LogP contribution is 2.36. The highest BCUT2D eigenvalue weighted by molar-refractivity contribution is 7.21. The molecule has 0 amide bonds. The van der Waals surface area contributed by atoms with Crippen molar-refractivity contribution in [3.63, 3.8) is 0 Å². The fraction of sp³-hybridized carbons (Fsp3) is 0.0909. The second-order valence-corrected chi connectivity index (χ2v) is 7.01. The molecule has 0 spiro atoms. The monoisotopic (exact) mass is 393 g/mol. The Morgan fingerprint density at radius 1 is 1.04 bits per heavy atom. The maximum Gasteiger partial charge on any atom is 0.343 e. The van der Waals surface area contributed by atoms with Gasteiger partial charge in [-0.2, -0.15) is 0 Å². The molecule has 0 radical (unpaired) electrons. The highest BCUT2D eigenvalue weighted by Gasteiger charge is 2.15. The van der Waals surface area contributed by atoms with Crippen LogP contribution in [0.5, 0.6) is 11.5 Å². The summed E-state index contributed by atoms with van der Waals surface area (Å²) in [5.74, 6) is -0.226. The predicted molar refractivity (Wildman–Crippen MR) is 108 cm³/mol. The van der Waals surface area contributed by atoms with E-state index in [2.05, 4.69) is 4.98 Å². The van der Waals surface area contributed by atoms with Crippen LogP contribution < -0.4 is 9.47 Å². The predicted octanol–water partition coefficient (Wildman–Crippen LogP) is 5.72. The molecule has 0 N–H and O–H groups in total. The van der Waals surface area contributed by atoms with Gasteiger partial charge in [0.25, 0.3) is 0 Å². The van der Waals surface area contributed by atoms with Crippen molar-refractivity contribution in [1.82, 2.24) is 4.98 Å². The number of hydrogen-bond acceptors (Lipinski definition) is 5. The van der Waals surface area contributed by atoms with E-state index < -0.39 is 11.8 Å².